The summed E-state index contributed by atoms with van der Waals surface area (Å²) < 4.78 is 5.71. The molecule has 1 saturated carbocycles. The van der Waals surface area contributed by atoms with Gasteiger partial charge in [-0.15, -0.1) is 0 Å². The first-order chi connectivity index (χ1) is 10.5. The molecule has 114 valence electrons. The van der Waals surface area contributed by atoms with Crippen LogP contribution in [0.2, 0.25) is 0 Å². The molecule has 0 spiro atoms. The van der Waals surface area contributed by atoms with E-state index in [1.807, 2.05) is 13.0 Å². The van der Waals surface area contributed by atoms with Crippen LogP contribution >= 0.6 is 15.9 Å². The summed E-state index contributed by atoms with van der Waals surface area (Å²) in [5.41, 5.74) is 2.01. The minimum atomic E-state index is -0.353. The van der Waals surface area contributed by atoms with Gasteiger partial charge >= 0.3 is 0 Å². The van der Waals surface area contributed by atoms with Crippen molar-refractivity contribution in [2.75, 3.05) is 5.32 Å². The lowest BCUT2D eigenvalue weighted by molar-refractivity contribution is 0.0949. The second-order valence-corrected chi connectivity index (χ2v) is 6.12. The summed E-state index contributed by atoms with van der Waals surface area (Å²) in [6.45, 7) is 1.87. The molecule has 1 aliphatic rings. The molecule has 1 aromatic heterocycles. The zero-order chi connectivity index (χ0) is 15.7. The van der Waals surface area contributed by atoms with Crippen molar-refractivity contribution in [3.63, 3.8) is 0 Å². The molecule has 0 unspecified atom stereocenters. The van der Waals surface area contributed by atoms with Crippen molar-refractivity contribution in [1.82, 2.24) is 5.32 Å². The Morgan fingerprint density at radius 2 is 1.95 bits per heavy atom. The van der Waals surface area contributed by atoms with Crippen molar-refractivity contribution in [3.8, 4) is 0 Å². The van der Waals surface area contributed by atoms with Crippen LogP contribution in [0.25, 0.3) is 0 Å². The molecule has 2 N–H and O–H groups in total. The molecule has 0 saturated heterocycles. The summed E-state index contributed by atoms with van der Waals surface area (Å²) in [6.07, 6.45) is 2.07. The molecule has 1 heterocycles. The Hall–Kier alpha value is -2.08. The third-order valence-electron chi connectivity index (χ3n) is 3.46. The van der Waals surface area contributed by atoms with Gasteiger partial charge in [-0.2, -0.15) is 0 Å². The molecule has 2 aromatic rings. The third-order valence-corrected chi connectivity index (χ3v) is 3.88. The van der Waals surface area contributed by atoms with Crippen molar-refractivity contribution >= 4 is 33.4 Å². The highest BCUT2D eigenvalue weighted by Crippen LogP contribution is 2.22. The van der Waals surface area contributed by atoms with Gasteiger partial charge in [0, 0.05) is 17.3 Å². The van der Waals surface area contributed by atoms with Crippen molar-refractivity contribution in [2.24, 2.45) is 0 Å². The molecule has 2 amide bonds. The van der Waals surface area contributed by atoms with E-state index in [-0.39, 0.29) is 17.6 Å². The van der Waals surface area contributed by atoms with Crippen LogP contribution in [-0.4, -0.2) is 17.9 Å². The largest absolute Gasteiger partial charge is 0.444 e. The standard InChI is InChI=1S/C16H15BrN2O3/c1-9-2-3-10(15(20)18-11-4-5-11)8-12(9)19-16(21)13-6-7-14(17)22-13/h2-3,6-8,11H,4-5H2,1H3,(H,18,20)(H,19,21). The van der Waals surface area contributed by atoms with Gasteiger partial charge in [0.05, 0.1) is 0 Å². The lowest BCUT2D eigenvalue weighted by Crippen LogP contribution is -2.25. The fraction of sp³-hybridized carbons (Fsp3) is 0.250. The van der Waals surface area contributed by atoms with Crippen molar-refractivity contribution < 1.29 is 14.0 Å². The zero-order valence-electron chi connectivity index (χ0n) is 12.0. The quantitative estimate of drug-likeness (QED) is 0.874. The van der Waals surface area contributed by atoms with Crippen LogP contribution in [0, 0.1) is 6.92 Å². The van der Waals surface area contributed by atoms with E-state index in [4.69, 9.17) is 4.42 Å². The predicted molar refractivity (Wildman–Crippen MR) is 86.0 cm³/mol. The Bertz CT molecular complexity index is 735. The van der Waals surface area contributed by atoms with Gasteiger partial charge in [-0.05, 0) is 65.5 Å². The molecular weight excluding hydrogens is 348 g/mol. The summed E-state index contributed by atoms with van der Waals surface area (Å²) in [5.74, 6) is -0.258. The topological polar surface area (TPSA) is 71.3 Å². The molecule has 1 aromatic carbocycles. The lowest BCUT2D eigenvalue weighted by Gasteiger charge is -2.10. The second kappa shape index (κ2) is 5.96. The van der Waals surface area contributed by atoms with Gasteiger partial charge in [-0.3, -0.25) is 9.59 Å². The molecule has 0 radical (unpaired) electrons. The molecular formula is C16H15BrN2O3. The SMILES string of the molecule is Cc1ccc(C(=O)NC2CC2)cc1NC(=O)c1ccc(Br)o1. The van der Waals surface area contributed by atoms with Crippen LogP contribution in [-0.2, 0) is 0 Å². The summed E-state index contributed by atoms with van der Waals surface area (Å²) in [5, 5.41) is 5.70. The number of hydrogen-bond donors (Lipinski definition) is 2. The monoisotopic (exact) mass is 362 g/mol. The Morgan fingerprint density at radius 1 is 1.18 bits per heavy atom. The number of halogens is 1. The van der Waals surface area contributed by atoms with Gasteiger partial charge in [0.25, 0.3) is 11.8 Å². The normalized spacial score (nSPS) is 13.7. The fourth-order valence-electron chi connectivity index (χ4n) is 2.01. The van der Waals surface area contributed by atoms with Crippen LogP contribution < -0.4 is 10.6 Å². The number of aryl methyl sites for hydroxylation is 1. The minimum Gasteiger partial charge on any atom is -0.444 e. The van der Waals surface area contributed by atoms with E-state index in [1.165, 1.54) is 0 Å². The smallest absolute Gasteiger partial charge is 0.291 e. The fourth-order valence-corrected chi connectivity index (χ4v) is 2.32. The molecule has 22 heavy (non-hydrogen) atoms. The van der Waals surface area contributed by atoms with E-state index in [1.54, 1.807) is 24.3 Å². The van der Waals surface area contributed by atoms with Crippen LogP contribution in [0.4, 0.5) is 5.69 Å². The number of benzene rings is 1. The van der Waals surface area contributed by atoms with E-state index in [2.05, 4.69) is 26.6 Å². The molecule has 0 aliphatic heterocycles. The van der Waals surface area contributed by atoms with E-state index >= 15 is 0 Å². The highest BCUT2D eigenvalue weighted by Gasteiger charge is 2.24. The average molecular weight is 363 g/mol. The summed E-state index contributed by atoms with van der Waals surface area (Å²) in [4.78, 5) is 24.2. The van der Waals surface area contributed by atoms with Gasteiger partial charge in [0.15, 0.2) is 10.4 Å². The number of anilines is 1. The minimum absolute atomic E-state index is 0.112. The highest BCUT2D eigenvalue weighted by molar-refractivity contribution is 9.10. The van der Waals surface area contributed by atoms with E-state index < -0.39 is 0 Å². The zero-order valence-corrected chi connectivity index (χ0v) is 13.6. The molecule has 0 bridgehead atoms. The number of furan rings is 1. The molecule has 6 heteroatoms. The van der Waals surface area contributed by atoms with E-state index in [9.17, 15) is 9.59 Å². The van der Waals surface area contributed by atoms with Crippen LogP contribution in [0.1, 0.15) is 39.3 Å². The number of amides is 2. The van der Waals surface area contributed by atoms with Crippen LogP contribution in [0.3, 0.4) is 0 Å². The second-order valence-electron chi connectivity index (χ2n) is 5.34. The first-order valence-corrected chi connectivity index (χ1v) is 7.80. The van der Waals surface area contributed by atoms with E-state index in [0.29, 0.717) is 22.0 Å². The first kappa shape index (κ1) is 14.8. The third kappa shape index (κ3) is 3.39. The maximum Gasteiger partial charge on any atom is 0.291 e. The van der Waals surface area contributed by atoms with Crippen molar-refractivity contribution in [2.45, 2.75) is 25.8 Å². The summed E-state index contributed by atoms with van der Waals surface area (Å²) in [7, 11) is 0. The maximum atomic E-state index is 12.1. The Balaban J connectivity index is 1.77. The number of carbonyl (C=O) groups excluding carboxylic acids is 2. The molecule has 5 nitrogen and oxygen atoms in total. The molecule has 3 rings (SSSR count). The highest BCUT2D eigenvalue weighted by atomic mass is 79.9. The molecule has 0 atom stereocenters. The average Bonchev–Trinajstić information content (AvgIpc) is 3.19. The Morgan fingerprint density at radius 3 is 2.59 bits per heavy atom. The maximum absolute atomic E-state index is 12.1. The number of nitrogens with one attached hydrogen (secondary N) is 2. The summed E-state index contributed by atoms with van der Waals surface area (Å²) in [6, 6.07) is 8.79. The van der Waals surface area contributed by atoms with Gasteiger partial charge in [-0.1, -0.05) is 6.07 Å². The number of hydrogen-bond acceptors (Lipinski definition) is 3. The van der Waals surface area contributed by atoms with Crippen molar-refractivity contribution in [3.05, 3.63) is 51.9 Å². The molecule has 1 aliphatic carbocycles. The van der Waals surface area contributed by atoms with Crippen molar-refractivity contribution in [1.29, 1.82) is 0 Å². The Labute approximate surface area is 136 Å². The van der Waals surface area contributed by atoms with Gasteiger partial charge in [-0.25, -0.2) is 0 Å². The van der Waals surface area contributed by atoms with Crippen LogP contribution in [0.15, 0.2) is 39.4 Å². The first-order valence-electron chi connectivity index (χ1n) is 7.01. The number of carbonyl (C=O) groups is 2. The van der Waals surface area contributed by atoms with Gasteiger partial charge in [0.1, 0.15) is 0 Å². The van der Waals surface area contributed by atoms with Gasteiger partial charge in [0.2, 0.25) is 0 Å². The summed E-state index contributed by atoms with van der Waals surface area (Å²) >= 11 is 3.16. The Kier molecular flexibility index (Phi) is 4.02. The van der Waals surface area contributed by atoms with Gasteiger partial charge < -0.3 is 15.1 Å². The van der Waals surface area contributed by atoms with E-state index in [0.717, 1.165) is 18.4 Å². The molecule has 1 fully saturated rings. The number of rotatable bonds is 4. The van der Waals surface area contributed by atoms with Crippen LogP contribution in [0.5, 0.6) is 0 Å². The predicted octanol–water partition coefficient (Wildman–Crippen LogP) is 3.50. The lowest BCUT2D eigenvalue weighted by atomic mass is 10.1.